The molecule has 1 atom stereocenters. The zero-order valence-corrected chi connectivity index (χ0v) is 9.84. The monoisotopic (exact) mass is 217 g/mol. The van der Waals surface area contributed by atoms with Crippen molar-refractivity contribution in [2.75, 3.05) is 0 Å². The number of hydrogen-bond acceptors (Lipinski definition) is 2. The molecule has 2 rings (SSSR count). The Balaban J connectivity index is 2.46. The summed E-state index contributed by atoms with van der Waals surface area (Å²) in [6, 6.07) is 8.43. The molecule has 15 heavy (non-hydrogen) atoms. The summed E-state index contributed by atoms with van der Waals surface area (Å²) in [5.74, 6) is 0. The van der Waals surface area contributed by atoms with Crippen LogP contribution >= 0.6 is 11.3 Å². The van der Waals surface area contributed by atoms with Gasteiger partial charge in [-0.3, -0.25) is 0 Å². The maximum Gasteiger partial charge on any atom is 0.0565 e. The van der Waals surface area contributed by atoms with Crippen molar-refractivity contribution in [1.29, 1.82) is 0 Å². The van der Waals surface area contributed by atoms with E-state index in [4.69, 9.17) is 5.73 Å². The van der Waals surface area contributed by atoms with Crippen LogP contribution < -0.4 is 5.73 Å². The maximum absolute atomic E-state index is 6.27. The van der Waals surface area contributed by atoms with Crippen LogP contribution in [0.4, 0.5) is 0 Å². The van der Waals surface area contributed by atoms with Gasteiger partial charge in [0.1, 0.15) is 0 Å². The van der Waals surface area contributed by atoms with Crippen molar-refractivity contribution in [2.24, 2.45) is 5.73 Å². The van der Waals surface area contributed by atoms with Crippen LogP contribution in [0.15, 0.2) is 35.0 Å². The van der Waals surface area contributed by atoms with E-state index in [1.54, 1.807) is 11.3 Å². The van der Waals surface area contributed by atoms with Crippen LogP contribution in [0.5, 0.6) is 0 Å². The first-order valence-corrected chi connectivity index (χ1v) is 5.98. The molecule has 0 bridgehead atoms. The molecular weight excluding hydrogens is 202 g/mol. The van der Waals surface area contributed by atoms with Gasteiger partial charge in [-0.25, -0.2) is 0 Å². The van der Waals surface area contributed by atoms with Crippen LogP contribution in [0.3, 0.4) is 0 Å². The van der Waals surface area contributed by atoms with E-state index in [1.165, 1.54) is 22.3 Å². The third-order valence-electron chi connectivity index (χ3n) is 2.76. The van der Waals surface area contributed by atoms with Crippen LogP contribution in [0.2, 0.25) is 0 Å². The van der Waals surface area contributed by atoms with Crippen molar-refractivity contribution in [2.45, 2.75) is 19.9 Å². The average molecular weight is 217 g/mol. The molecule has 0 fully saturated rings. The molecule has 1 heterocycles. The van der Waals surface area contributed by atoms with E-state index in [-0.39, 0.29) is 6.04 Å². The molecule has 1 aromatic heterocycles. The Kier molecular flexibility index (Phi) is 2.89. The van der Waals surface area contributed by atoms with E-state index in [0.29, 0.717) is 0 Å². The van der Waals surface area contributed by atoms with Gasteiger partial charge >= 0.3 is 0 Å². The average Bonchev–Trinajstić information content (AvgIpc) is 2.69. The van der Waals surface area contributed by atoms with E-state index in [9.17, 15) is 0 Å². The van der Waals surface area contributed by atoms with Gasteiger partial charge in [-0.15, -0.1) is 0 Å². The van der Waals surface area contributed by atoms with Crippen LogP contribution in [-0.2, 0) is 0 Å². The van der Waals surface area contributed by atoms with Crippen molar-refractivity contribution < 1.29 is 0 Å². The van der Waals surface area contributed by atoms with E-state index in [0.717, 1.165) is 0 Å². The van der Waals surface area contributed by atoms with Crippen molar-refractivity contribution >= 4 is 11.3 Å². The second-order valence-electron chi connectivity index (χ2n) is 3.84. The highest BCUT2D eigenvalue weighted by Gasteiger charge is 2.13. The Morgan fingerprint density at radius 2 is 1.80 bits per heavy atom. The van der Waals surface area contributed by atoms with Gasteiger partial charge in [0.05, 0.1) is 6.04 Å². The first-order chi connectivity index (χ1) is 7.20. The van der Waals surface area contributed by atoms with E-state index in [2.05, 4.69) is 48.9 Å². The molecule has 0 radical (unpaired) electrons. The van der Waals surface area contributed by atoms with Gasteiger partial charge < -0.3 is 5.73 Å². The summed E-state index contributed by atoms with van der Waals surface area (Å²) in [5, 5.41) is 4.19. The zero-order valence-electron chi connectivity index (χ0n) is 9.03. The molecule has 0 saturated carbocycles. The molecule has 0 aliphatic carbocycles. The lowest BCUT2D eigenvalue weighted by atomic mass is 9.93. The molecule has 0 unspecified atom stereocenters. The summed E-state index contributed by atoms with van der Waals surface area (Å²) < 4.78 is 0. The Hall–Kier alpha value is -1.12. The van der Waals surface area contributed by atoms with Crippen molar-refractivity contribution in [3.05, 3.63) is 57.3 Å². The zero-order chi connectivity index (χ0) is 10.8. The number of hydrogen-bond donors (Lipinski definition) is 1. The Bertz CT molecular complexity index is 425. The van der Waals surface area contributed by atoms with Crippen LogP contribution in [0, 0.1) is 13.8 Å². The first-order valence-electron chi connectivity index (χ1n) is 5.04. The summed E-state index contributed by atoms with van der Waals surface area (Å²) >= 11 is 1.69. The molecule has 0 aliphatic rings. The molecule has 2 heteroatoms. The predicted octanol–water partition coefficient (Wildman–Crippen LogP) is 3.41. The van der Waals surface area contributed by atoms with Gasteiger partial charge in [-0.1, -0.05) is 18.2 Å². The molecular formula is C13H15NS. The highest BCUT2D eigenvalue weighted by Crippen LogP contribution is 2.26. The summed E-state index contributed by atoms with van der Waals surface area (Å²) in [6.45, 7) is 4.24. The molecule has 2 aromatic rings. The number of nitrogens with two attached hydrogens (primary N) is 1. The molecule has 0 aliphatic heterocycles. The maximum atomic E-state index is 6.27. The predicted molar refractivity (Wildman–Crippen MR) is 66.3 cm³/mol. The second-order valence-corrected chi connectivity index (χ2v) is 4.62. The highest BCUT2D eigenvalue weighted by atomic mass is 32.1. The van der Waals surface area contributed by atoms with Gasteiger partial charge in [0.2, 0.25) is 0 Å². The minimum atomic E-state index is 0.0115. The van der Waals surface area contributed by atoms with Gasteiger partial charge in [0.15, 0.2) is 0 Å². The molecule has 0 spiro atoms. The molecule has 1 nitrogen and oxygen atoms in total. The Morgan fingerprint density at radius 1 is 1.13 bits per heavy atom. The van der Waals surface area contributed by atoms with Gasteiger partial charge in [0.25, 0.3) is 0 Å². The summed E-state index contributed by atoms with van der Waals surface area (Å²) in [4.78, 5) is 0. The number of aryl methyl sites for hydroxylation is 2. The van der Waals surface area contributed by atoms with Crippen molar-refractivity contribution in [3.8, 4) is 0 Å². The number of thiophene rings is 1. The smallest absolute Gasteiger partial charge is 0.0565 e. The molecule has 0 saturated heterocycles. The normalized spacial score (nSPS) is 12.7. The minimum Gasteiger partial charge on any atom is -0.320 e. The molecule has 0 amide bonds. The Labute approximate surface area is 94.6 Å². The lowest BCUT2D eigenvalue weighted by Crippen LogP contribution is -2.13. The standard InChI is InChI=1S/C13H15NS/c1-9-4-3-5-10(2)12(9)13(14)11-6-7-15-8-11/h3-8,13H,14H2,1-2H3/t13-/m1/s1. The molecule has 2 N–H and O–H groups in total. The molecule has 78 valence electrons. The van der Waals surface area contributed by atoms with Crippen LogP contribution in [-0.4, -0.2) is 0 Å². The third kappa shape index (κ3) is 1.96. The topological polar surface area (TPSA) is 26.0 Å². The number of benzene rings is 1. The van der Waals surface area contributed by atoms with Crippen LogP contribution in [0.25, 0.3) is 0 Å². The van der Waals surface area contributed by atoms with Crippen molar-refractivity contribution in [3.63, 3.8) is 0 Å². The largest absolute Gasteiger partial charge is 0.320 e. The molecule has 1 aromatic carbocycles. The van der Waals surface area contributed by atoms with Gasteiger partial charge in [-0.2, -0.15) is 11.3 Å². The quantitative estimate of drug-likeness (QED) is 0.819. The van der Waals surface area contributed by atoms with E-state index in [1.807, 2.05) is 0 Å². The van der Waals surface area contributed by atoms with Gasteiger partial charge in [-0.05, 0) is 52.9 Å². The minimum absolute atomic E-state index is 0.0115. The lowest BCUT2D eigenvalue weighted by molar-refractivity contribution is 0.856. The van der Waals surface area contributed by atoms with E-state index < -0.39 is 0 Å². The third-order valence-corrected chi connectivity index (χ3v) is 3.46. The fourth-order valence-electron chi connectivity index (χ4n) is 1.94. The summed E-state index contributed by atoms with van der Waals surface area (Å²) in [6.07, 6.45) is 0. The van der Waals surface area contributed by atoms with Crippen molar-refractivity contribution in [1.82, 2.24) is 0 Å². The van der Waals surface area contributed by atoms with Gasteiger partial charge in [0, 0.05) is 0 Å². The second kappa shape index (κ2) is 4.17. The summed E-state index contributed by atoms with van der Waals surface area (Å²) in [5.41, 5.74) is 11.3. The lowest BCUT2D eigenvalue weighted by Gasteiger charge is -2.16. The van der Waals surface area contributed by atoms with Crippen LogP contribution in [0.1, 0.15) is 28.3 Å². The first kappa shape index (κ1) is 10.4. The summed E-state index contributed by atoms with van der Waals surface area (Å²) in [7, 11) is 0. The van der Waals surface area contributed by atoms with E-state index >= 15 is 0 Å². The fourth-order valence-corrected chi connectivity index (χ4v) is 2.63. The SMILES string of the molecule is Cc1cccc(C)c1[C@H](N)c1ccsc1. The number of rotatable bonds is 2. The Morgan fingerprint density at radius 3 is 2.33 bits per heavy atom. The fraction of sp³-hybridized carbons (Fsp3) is 0.231. The highest BCUT2D eigenvalue weighted by molar-refractivity contribution is 7.08.